The number of carbonyl (C=O) groups excluding carboxylic acids is 2. The van der Waals surface area contributed by atoms with Gasteiger partial charge in [-0.3, -0.25) is 19.3 Å². The van der Waals surface area contributed by atoms with E-state index in [9.17, 15) is 9.59 Å². The van der Waals surface area contributed by atoms with Gasteiger partial charge in [-0.15, -0.1) is 0 Å². The van der Waals surface area contributed by atoms with E-state index < -0.39 is 0 Å². The lowest BCUT2D eigenvalue weighted by Gasteiger charge is -2.56. The molecule has 182 valence electrons. The molecule has 1 aliphatic carbocycles. The van der Waals surface area contributed by atoms with Crippen LogP contribution < -0.4 is 5.32 Å². The molecule has 1 aromatic heterocycles. The zero-order valence-electron chi connectivity index (χ0n) is 19.7. The monoisotopic (exact) mass is 458 g/mol. The van der Waals surface area contributed by atoms with Crippen LogP contribution in [0.3, 0.4) is 0 Å². The van der Waals surface area contributed by atoms with Crippen molar-refractivity contribution in [2.75, 3.05) is 26.2 Å². The quantitative estimate of drug-likeness (QED) is 0.639. The van der Waals surface area contributed by atoms with Crippen LogP contribution in [0, 0.1) is 11.8 Å². The molecule has 1 aromatic rings. The lowest BCUT2D eigenvalue weighted by atomic mass is 9.72. The maximum Gasteiger partial charge on any atom is 0.290 e. The molecule has 0 radical (unpaired) electrons. The lowest BCUT2D eigenvalue weighted by Crippen LogP contribution is -2.66. The van der Waals surface area contributed by atoms with Crippen LogP contribution in [-0.4, -0.2) is 76.0 Å². The Morgan fingerprint density at radius 2 is 1.94 bits per heavy atom. The number of piperidine rings is 3. The summed E-state index contributed by atoms with van der Waals surface area (Å²) in [6.07, 6.45) is 10.9. The van der Waals surface area contributed by atoms with Crippen molar-refractivity contribution in [1.29, 1.82) is 0 Å². The van der Waals surface area contributed by atoms with Crippen molar-refractivity contribution in [1.82, 2.24) is 19.7 Å². The van der Waals surface area contributed by atoms with Crippen LogP contribution in [0.1, 0.15) is 74.8 Å². The highest BCUT2D eigenvalue weighted by atomic mass is 16.3. The molecule has 0 spiro atoms. The molecular weight excluding hydrogens is 420 g/mol. The van der Waals surface area contributed by atoms with E-state index in [2.05, 4.69) is 25.9 Å². The Bertz CT molecular complexity index is 836. The third kappa shape index (κ3) is 5.26. The number of rotatable bonds is 6. The number of amides is 2. The first-order valence-electron chi connectivity index (χ1n) is 12.6. The second kappa shape index (κ2) is 10.7. The summed E-state index contributed by atoms with van der Waals surface area (Å²) < 4.78 is 2.20. The molecule has 2 amide bonds. The van der Waals surface area contributed by atoms with Gasteiger partial charge in [-0.25, -0.2) is 0 Å². The minimum Gasteiger partial charge on any atom is -0.483 e. The molecule has 2 bridgehead atoms. The minimum atomic E-state index is -0.250. The summed E-state index contributed by atoms with van der Waals surface area (Å²) in [6.45, 7) is 5.38. The van der Waals surface area contributed by atoms with E-state index in [1.165, 1.54) is 38.5 Å². The Morgan fingerprint density at radius 3 is 2.67 bits per heavy atom. The minimum absolute atomic E-state index is 0.166. The highest BCUT2D eigenvalue weighted by Crippen LogP contribution is 2.42. The van der Waals surface area contributed by atoms with Gasteiger partial charge >= 0.3 is 0 Å². The van der Waals surface area contributed by atoms with Crippen LogP contribution in [0.2, 0.25) is 0 Å². The molecule has 0 unspecified atom stereocenters. The first-order chi connectivity index (χ1) is 16.1. The van der Waals surface area contributed by atoms with Gasteiger partial charge in [0.1, 0.15) is 5.69 Å². The Labute approximate surface area is 196 Å². The number of nitrogens with zero attached hydrogens (tertiary/aromatic N) is 3. The summed E-state index contributed by atoms with van der Waals surface area (Å²) in [7, 11) is 0. The average molecular weight is 459 g/mol. The molecule has 5 rings (SSSR count). The first-order valence-corrected chi connectivity index (χ1v) is 12.6. The third-order valence-electron chi connectivity index (χ3n) is 7.83. The van der Waals surface area contributed by atoms with Crippen molar-refractivity contribution in [3.05, 3.63) is 24.0 Å². The van der Waals surface area contributed by atoms with Gasteiger partial charge in [-0.05, 0) is 69.0 Å². The number of fused-ring (bicyclic) bond motifs is 4. The van der Waals surface area contributed by atoms with Gasteiger partial charge in [0.25, 0.3) is 12.4 Å². The smallest absolute Gasteiger partial charge is 0.290 e. The lowest BCUT2D eigenvalue weighted by molar-refractivity contribution is -0.123. The second-order valence-electron chi connectivity index (χ2n) is 10.0. The molecule has 4 heterocycles. The third-order valence-corrected chi connectivity index (χ3v) is 7.83. The van der Waals surface area contributed by atoms with E-state index in [0.29, 0.717) is 36.4 Å². The van der Waals surface area contributed by atoms with Gasteiger partial charge in [-0.2, -0.15) is 0 Å². The molecule has 3 aliphatic heterocycles. The summed E-state index contributed by atoms with van der Waals surface area (Å²) in [5.41, 5.74) is 0.866. The summed E-state index contributed by atoms with van der Waals surface area (Å²) in [6, 6.07) is 5.47. The number of nitrogens with one attached hydrogen (secondary N) is 1. The van der Waals surface area contributed by atoms with Crippen molar-refractivity contribution in [3.8, 4) is 0 Å². The van der Waals surface area contributed by atoms with Crippen molar-refractivity contribution in [3.63, 3.8) is 0 Å². The molecule has 33 heavy (non-hydrogen) atoms. The fourth-order valence-corrected chi connectivity index (χ4v) is 6.30. The van der Waals surface area contributed by atoms with E-state index >= 15 is 0 Å². The highest BCUT2D eigenvalue weighted by Gasteiger charge is 2.48. The molecule has 0 aromatic carbocycles. The first kappa shape index (κ1) is 23.8. The van der Waals surface area contributed by atoms with E-state index in [0.717, 1.165) is 38.3 Å². The summed E-state index contributed by atoms with van der Waals surface area (Å²) in [5, 5.41) is 10.1. The number of hydrogen-bond acceptors (Lipinski definition) is 4. The van der Waals surface area contributed by atoms with Crippen LogP contribution in [0.15, 0.2) is 18.3 Å². The second-order valence-corrected chi connectivity index (χ2v) is 10.0. The van der Waals surface area contributed by atoms with Gasteiger partial charge < -0.3 is 19.9 Å². The molecule has 3 saturated heterocycles. The zero-order chi connectivity index (χ0) is 23.4. The standard InChI is InChI=1S/C24H36N4O2.CH2O2/c1-2-6-23(29)25-14-22-18-13-17(20-7-3-4-11-28(20)22)15-26(16-18)24(30)21-8-5-12-27(21)19-9-10-19;2-1-3/h5,8,12,17-20,22H,2-4,6-7,9-11,13-16H2,1H3,(H,25,29);1H,(H,2,3)/t17-,18+,20+,22+;/m1./s1. The van der Waals surface area contributed by atoms with Crippen molar-refractivity contribution in [2.24, 2.45) is 11.8 Å². The topological polar surface area (TPSA) is 94.9 Å². The zero-order valence-corrected chi connectivity index (χ0v) is 19.7. The normalized spacial score (nSPS) is 28.8. The molecule has 4 fully saturated rings. The van der Waals surface area contributed by atoms with Gasteiger partial charge in [0.15, 0.2) is 0 Å². The predicted molar refractivity (Wildman–Crippen MR) is 125 cm³/mol. The largest absolute Gasteiger partial charge is 0.483 e. The highest BCUT2D eigenvalue weighted by molar-refractivity contribution is 5.93. The van der Waals surface area contributed by atoms with E-state index in [1.807, 2.05) is 19.1 Å². The maximum absolute atomic E-state index is 13.5. The van der Waals surface area contributed by atoms with Crippen molar-refractivity contribution in [2.45, 2.75) is 76.4 Å². The van der Waals surface area contributed by atoms with Crippen LogP contribution in [0.25, 0.3) is 0 Å². The Hall–Kier alpha value is -2.35. The fourth-order valence-electron chi connectivity index (χ4n) is 6.30. The Balaban J connectivity index is 0.000000821. The fraction of sp³-hybridized carbons (Fsp3) is 0.720. The summed E-state index contributed by atoms with van der Waals surface area (Å²) >= 11 is 0. The summed E-state index contributed by atoms with van der Waals surface area (Å²) in [5.74, 6) is 1.40. The van der Waals surface area contributed by atoms with Gasteiger partial charge in [-0.1, -0.05) is 13.3 Å². The van der Waals surface area contributed by atoms with Crippen molar-refractivity contribution < 1.29 is 19.5 Å². The molecular formula is C25H38N4O4. The Morgan fingerprint density at radius 1 is 1.18 bits per heavy atom. The molecule has 4 atom stereocenters. The number of carbonyl (C=O) groups is 3. The molecule has 4 aliphatic rings. The van der Waals surface area contributed by atoms with Gasteiger partial charge in [0.2, 0.25) is 5.91 Å². The SMILES string of the molecule is CCCC(=O)NC[C@H]1[C@H]2C[C@H](CN(C(=O)c3cccn3C3CC3)C2)[C@@H]2CCCCN21.O=CO. The predicted octanol–water partition coefficient (Wildman–Crippen LogP) is 2.76. The number of hydrogen-bond donors (Lipinski definition) is 2. The van der Waals surface area contributed by atoms with Crippen LogP contribution in [-0.2, 0) is 9.59 Å². The van der Waals surface area contributed by atoms with Crippen molar-refractivity contribution >= 4 is 18.3 Å². The van der Waals surface area contributed by atoms with Crippen LogP contribution >= 0.6 is 0 Å². The van der Waals surface area contributed by atoms with E-state index in [4.69, 9.17) is 9.90 Å². The molecule has 1 saturated carbocycles. The molecule has 2 N–H and O–H groups in total. The van der Waals surface area contributed by atoms with Crippen LogP contribution in [0.5, 0.6) is 0 Å². The van der Waals surface area contributed by atoms with Crippen LogP contribution in [0.4, 0.5) is 0 Å². The van der Waals surface area contributed by atoms with Gasteiger partial charge in [0.05, 0.1) is 0 Å². The van der Waals surface area contributed by atoms with E-state index in [-0.39, 0.29) is 18.3 Å². The summed E-state index contributed by atoms with van der Waals surface area (Å²) in [4.78, 5) is 38.8. The molecule has 8 nitrogen and oxygen atoms in total. The van der Waals surface area contributed by atoms with E-state index in [1.54, 1.807) is 0 Å². The van der Waals surface area contributed by atoms with Gasteiger partial charge in [0, 0.05) is 50.4 Å². The average Bonchev–Trinajstić information content (AvgIpc) is 3.55. The number of likely N-dealkylation sites (tertiary alicyclic amines) is 1. The Kier molecular flexibility index (Phi) is 7.73. The number of carboxylic acid groups (broad SMARTS) is 1. The maximum atomic E-state index is 13.5. The molecule has 8 heteroatoms. The number of aromatic nitrogens is 1.